The zero-order chi connectivity index (χ0) is 17.1. The first kappa shape index (κ1) is 17.2. The molecule has 2 aromatic rings. The molecule has 2 rings (SSSR count). The lowest BCUT2D eigenvalue weighted by atomic mass is 9.96. The van der Waals surface area contributed by atoms with Crippen molar-refractivity contribution in [2.24, 2.45) is 5.92 Å². The Balaban J connectivity index is 2.07. The number of hydrogen-bond donors (Lipinski definition) is 0. The summed E-state index contributed by atoms with van der Waals surface area (Å²) >= 11 is 5.82. The maximum Gasteiger partial charge on any atom is 0.227 e. The van der Waals surface area contributed by atoms with Crippen LogP contribution in [0.2, 0.25) is 5.02 Å². The Hall–Kier alpha value is -2.14. The van der Waals surface area contributed by atoms with Gasteiger partial charge in [0.05, 0.1) is 0 Å². The average molecular weight is 335 g/mol. The first-order chi connectivity index (χ1) is 10.8. The van der Waals surface area contributed by atoms with Crippen LogP contribution in [0.1, 0.15) is 35.2 Å². The number of carbonyl (C=O) groups is 2. The highest BCUT2D eigenvalue weighted by atomic mass is 35.5. The quantitative estimate of drug-likeness (QED) is 0.780. The van der Waals surface area contributed by atoms with E-state index in [0.717, 1.165) is 0 Å². The summed E-state index contributed by atoms with van der Waals surface area (Å²) in [5, 5.41) is 4.41. The summed E-state index contributed by atoms with van der Waals surface area (Å²) in [7, 11) is 1.66. The molecule has 0 unspecified atom stereocenters. The van der Waals surface area contributed by atoms with E-state index in [0.29, 0.717) is 27.7 Å². The molecular formula is C17H19ClN2O3. The first-order valence-corrected chi connectivity index (χ1v) is 7.68. The normalized spacial score (nSPS) is 12.0. The van der Waals surface area contributed by atoms with Crippen molar-refractivity contribution in [1.82, 2.24) is 5.16 Å². The molecule has 0 aliphatic heterocycles. The van der Waals surface area contributed by atoms with Crippen LogP contribution >= 0.6 is 11.6 Å². The minimum absolute atomic E-state index is 0.0813. The number of carbonyl (C=O) groups excluding carboxylic acids is 2. The Morgan fingerprint density at radius 1 is 1.26 bits per heavy atom. The number of benzene rings is 1. The van der Waals surface area contributed by atoms with E-state index < -0.39 is 5.92 Å². The number of halogens is 1. The van der Waals surface area contributed by atoms with Crippen molar-refractivity contribution in [2.75, 3.05) is 11.9 Å². The van der Waals surface area contributed by atoms with Crippen molar-refractivity contribution in [3.63, 3.8) is 0 Å². The second kappa shape index (κ2) is 6.96. The molecule has 5 nitrogen and oxygen atoms in total. The van der Waals surface area contributed by atoms with Gasteiger partial charge < -0.3 is 9.42 Å². The van der Waals surface area contributed by atoms with E-state index in [2.05, 4.69) is 5.16 Å². The first-order valence-electron chi connectivity index (χ1n) is 7.30. The SMILES string of the molecule is Cc1noc(C)c1N(C)C(=O)C[C@@H](C)C(=O)c1ccc(Cl)cc1. The molecule has 1 amide bonds. The lowest BCUT2D eigenvalue weighted by molar-refractivity contribution is -0.118. The second-order valence-corrected chi connectivity index (χ2v) is 6.04. The summed E-state index contributed by atoms with van der Waals surface area (Å²) in [5.74, 6) is -0.0852. The largest absolute Gasteiger partial charge is 0.359 e. The number of Topliss-reactive ketones (excluding diaryl/α,β-unsaturated/α-hetero) is 1. The minimum Gasteiger partial charge on any atom is -0.359 e. The van der Waals surface area contributed by atoms with Gasteiger partial charge in [0.25, 0.3) is 0 Å². The standard InChI is InChI=1S/C17H19ClN2O3/c1-10(17(22)13-5-7-14(18)8-6-13)9-15(21)20(4)16-11(2)19-23-12(16)3/h5-8,10H,9H2,1-4H3/t10-/m1/s1. The minimum atomic E-state index is -0.424. The van der Waals surface area contributed by atoms with Crippen molar-refractivity contribution >= 4 is 29.0 Å². The predicted molar refractivity (Wildman–Crippen MR) is 89.0 cm³/mol. The number of hydrogen-bond acceptors (Lipinski definition) is 4. The highest BCUT2D eigenvalue weighted by Gasteiger charge is 2.24. The Kier molecular flexibility index (Phi) is 5.21. The fraction of sp³-hybridized carbons (Fsp3) is 0.353. The van der Waals surface area contributed by atoms with Crippen LogP contribution in [-0.2, 0) is 4.79 Å². The van der Waals surface area contributed by atoms with Gasteiger partial charge in [0.1, 0.15) is 11.4 Å². The van der Waals surface area contributed by atoms with Gasteiger partial charge in [0.2, 0.25) is 5.91 Å². The fourth-order valence-electron chi connectivity index (χ4n) is 2.47. The van der Waals surface area contributed by atoms with Crippen LogP contribution in [0.3, 0.4) is 0 Å². The molecule has 0 spiro atoms. The van der Waals surface area contributed by atoms with Crippen molar-refractivity contribution in [1.29, 1.82) is 0 Å². The van der Waals surface area contributed by atoms with Gasteiger partial charge in [-0.3, -0.25) is 9.59 Å². The number of rotatable bonds is 5. The van der Waals surface area contributed by atoms with Gasteiger partial charge in [-0.15, -0.1) is 0 Å². The third-order valence-electron chi connectivity index (χ3n) is 3.76. The van der Waals surface area contributed by atoms with Crippen LogP contribution in [0.15, 0.2) is 28.8 Å². The molecule has 0 saturated carbocycles. The second-order valence-electron chi connectivity index (χ2n) is 5.60. The van der Waals surface area contributed by atoms with Gasteiger partial charge in [-0.2, -0.15) is 0 Å². The van der Waals surface area contributed by atoms with E-state index in [1.807, 2.05) is 0 Å². The summed E-state index contributed by atoms with van der Waals surface area (Å²) in [6, 6.07) is 6.67. The van der Waals surface area contributed by atoms with E-state index in [9.17, 15) is 9.59 Å². The molecule has 1 aromatic carbocycles. The van der Waals surface area contributed by atoms with E-state index in [1.165, 1.54) is 4.90 Å². The lowest BCUT2D eigenvalue weighted by Gasteiger charge is -2.19. The van der Waals surface area contributed by atoms with E-state index in [-0.39, 0.29) is 18.1 Å². The molecule has 0 N–H and O–H groups in total. The average Bonchev–Trinajstić information content (AvgIpc) is 2.85. The van der Waals surface area contributed by atoms with Crippen LogP contribution in [0.25, 0.3) is 0 Å². The highest BCUT2D eigenvalue weighted by Crippen LogP contribution is 2.24. The number of nitrogens with zero attached hydrogens (tertiary/aromatic N) is 2. The molecule has 1 heterocycles. The van der Waals surface area contributed by atoms with Crippen LogP contribution in [0, 0.1) is 19.8 Å². The van der Waals surface area contributed by atoms with E-state index in [1.54, 1.807) is 52.1 Å². The maximum absolute atomic E-state index is 12.4. The maximum atomic E-state index is 12.4. The van der Waals surface area contributed by atoms with Crippen molar-refractivity contribution < 1.29 is 14.1 Å². The Bertz CT molecular complexity index is 702. The molecule has 0 bridgehead atoms. The van der Waals surface area contributed by atoms with Gasteiger partial charge in [-0.05, 0) is 38.1 Å². The van der Waals surface area contributed by atoms with Gasteiger partial charge in [0, 0.05) is 30.0 Å². The lowest BCUT2D eigenvalue weighted by Crippen LogP contribution is -2.30. The van der Waals surface area contributed by atoms with Crippen LogP contribution < -0.4 is 4.90 Å². The van der Waals surface area contributed by atoms with Gasteiger partial charge in [-0.25, -0.2) is 0 Å². The van der Waals surface area contributed by atoms with Crippen molar-refractivity contribution in [2.45, 2.75) is 27.2 Å². The molecule has 0 saturated heterocycles. The molecule has 0 fully saturated rings. The molecule has 23 heavy (non-hydrogen) atoms. The molecule has 122 valence electrons. The summed E-state index contributed by atoms with van der Waals surface area (Å²) in [5.41, 5.74) is 1.85. The fourth-order valence-corrected chi connectivity index (χ4v) is 2.60. The molecule has 0 aliphatic rings. The summed E-state index contributed by atoms with van der Waals surface area (Å²) in [4.78, 5) is 26.3. The Morgan fingerprint density at radius 2 is 1.87 bits per heavy atom. The number of anilines is 1. The monoisotopic (exact) mass is 334 g/mol. The van der Waals surface area contributed by atoms with Gasteiger partial charge >= 0.3 is 0 Å². The van der Waals surface area contributed by atoms with E-state index in [4.69, 9.17) is 16.1 Å². The molecule has 0 aliphatic carbocycles. The smallest absolute Gasteiger partial charge is 0.227 e. The molecule has 1 aromatic heterocycles. The summed E-state index contributed by atoms with van der Waals surface area (Å²) in [6.45, 7) is 5.27. The topological polar surface area (TPSA) is 63.4 Å². The highest BCUT2D eigenvalue weighted by molar-refractivity contribution is 6.30. The number of ketones is 1. The number of amides is 1. The molecule has 1 atom stereocenters. The summed E-state index contributed by atoms with van der Waals surface area (Å²) in [6.07, 6.45) is 0.113. The number of aromatic nitrogens is 1. The van der Waals surface area contributed by atoms with Crippen LogP contribution in [0.5, 0.6) is 0 Å². The van der Waals surface area contributed by atoms with Crippen LogP contribution in [0.4, 0.5) is 5.69 Å². The van der Waals surface area contributed by atoms with Crippen molar-refractivity contribution in [3.05, 3.63) is 46.3 Å². The van der Waals surface area contributed by atoms with Crippen LogP contribution in [-0.4, -0.2) is 23.9 Å². The Labute approximate surface area is 140 Å². The zero-order valence-electron chi connectivity index (χ0n) is 13.6. The van der Waals surface area contributed by atoms with Crippen molar-refractivity contribution in [3.8, 4) is 0 Å². The molecule has 0 radical (unpaired) electrons. The predicted octanol–water partition coefficient (Wildman–Crippen LogP) is 3.82. The molecule has 6 heteroatoms. The zero-order valence-corrected chi connectivity index (χ0v) is 14.3. The third-order valence-corrected chi connectivity index (χ3v) is 4.01. The third kappa shape index (κ3) is 3.79. The number of aryl methyl sites for hydroxylation is 2. The summed E-state index contributed by atoms with van der Waals surface area (Å²) < 4.78 is 5.08. The Morgan fingerprint density at radius 3 is 2.39 bits per heavy atom. The molecular weight excluding hydrogens is 316 g/mol. The van der Waals surface area contributed by atoms with Gasteiger partial charge in [-0.1, -0.05) is 23.7 Å². The van der Waals surface area contributed by atoms with E-state index >= 15 is 0 Å². The van der Waals surface area contributed by atoms with Gasteiger partial charge in [0.15, 0.2) is 11.5 Å².